The Hall–Kier alpha value is -3.78. The minimum Gasteiger partial charge on any atom is -0.423 e. The number of hydrogen-bond donors (Lipinski definition) is 0. The number of aryl methyl sites for hydroxylation is 1. The molecule has 30 heavy (non-hydrogen) atoms. The van der Waals surface area contributed by atoms with Crippen LogP contribution in [0.3, 0.4) is 0 Å². The number of rotatable bonds is 4. The van der Waals surface area contributed by atoms with E-state index in [1.807, 2.05) is 24.3 Å². The van der Waals surface area contributed by atoms with Gasteiger partial charge in [-0.1, -0.05) is 43.7 Å². The van der Waals surface area contributed by atoms with Crippen molar-refractivity contribution in [1.29, 1.82) is 5.26 Å². The third kappa shape index (κ3) is 3.48. The summed E-state index contributed by atoms with van der Waals surface area (Å²) in [5.41, 5.74) is 0.800. The van der Waals surface area contributed by atoms with Gasteiger partial charge in [0, 0.05) is 5.39 Å². The number of fused-ring (bicyclic) bond motifs is 3. The Morgan fingerprint density at radius 1 is 0.967 bits per heavy atom. The van der Waals surface area contributed by atoms with Crippen LogP contribution in [0.2, 0.25) is 0 Å². The summed E-state index contributed by atoms with van der Waals surface area (Å²) in [4.78, 5) is 12.5. The van der Waals surface area contributed by atoms with E-state index < -0.39 is 23.2 Å². The monoisotopic (exact) mass is 401 g/mol. The molecule has 0 saturated heterocycles. The molecule has 0 atom stereocenters. The maximum Gasteiger partial charge on any atom is 0.349 e. The Labute approximate surface area is 172 Å². The second-order valence-electron chi connectivity index (χ2n) is 7.04. The van der Waals surface area contributed by atoms with Crippen molar-refractivity contribution in [2.45, 2.75) is 19.8 Å². The molecule has 0 aromatic heterocycles. The molecule has 0 radical (unpaired) electrons. The van der Waals surface area contributed by atoms with Crippen molar-refractivity contribution < 1.29 is 18.3 Å². The minimum atomic E-state index is -1.13. The molecule has 3 nitrogen and oxygen atoms in total. The molecule has 4 aromatic carbocycles. The van der Waals surface area contributed by atoms with E-state index in [2.05, 4.69) is 6.92 Å². The molecule has 0 heterocycles. The van der Waals surface area contributed by atoms with Crippen LogP contribution < -0.4 is 4.74 Å². The molecule has 0 spiro atoms. The van der Waals surface area contributed by atoms with Crippen molar-refractivity contribution in [3.8, 4) is 11.8 Å². The van der Waals surface area contributed by atoms with Crippen LogP contribution in [-0.2, 0) is 6.42 Å². The zero-order chi connectivity index (χ0) is 21.3. The Kier molecular flexibility index (Phi) is 5.16. The van der Waals surface area contributed by atoms with Gasteiger partial charge in [-0.3, -0.25) is 0 Å². The van der Waals surface area contributed by atoms with Gasteiger partial charge in [0.1, 0.15) is 22.9 Å². The molecule has 0 N–H and O–H groups in total. The fourth-order valence-corrected chi connectivity index (χ4v) is 3.58. The number of carbonyl (C=O) groups is 1. The number of carbonyl (C=O) groups excluding carboxylic acids is 1. The fourth-order valence-electron chi connectivity index (χ4n) is 3.58. The molecule has 0 aliphatic rings. The van der Waals surface area contributed by atoms with E-state index in [9.17, 15) is 9.18 Å². The largest absolute Gasteiger partial charge is 0.423 e. The zero-order valence-corrected chi connectivity index (χ0v) is 16.2. The molecule has 0 unspecified atom stereocenters. The van der Waals surface area contributed by atoms with Gasteiger partial charge in [-0.25, -0.2) is 13.6 Å². The smallest absolute Gasteiger partial charge is 0.349 e. The van der Waals surface area contributed by atoms with Crippen LogP contribution in [0.15, 0.2) is 60.7 Å². The quantitative estimate of drug-likeness (QED) is 0.229. The van der Waals surface area contributed by atoms with Gasteiger partial charge in [0.15, 0.2) is 0 Å². The fraction of sp³-hybridized carbons (Fsp3) is 0.120. The Morgan fingerprint density at radius 2 is 1.70 bits per heavy atom. The minimum absolute atomic E-state index is 0.0971. The van der Waals surface area contributed by atoms with Crippen LogP contribution in [0.4, 0.5) is 8.78 Å². The number of nitrogens with zero attached hydrogens (tertiary/aromatic N) is 1. The first kappa shape index (κ1) is 19.5. The number of halogens is 2. The molecule has 148 valence electrons. The van der Waals surface area contributed by atoms with Crippen LogP contribution in [0.1, 0.15) is 34.8 Å². The molecule has 0 aliphatic carbocycles. The van der Waals surface area contributed by atoms with Crippen molar-refractivity contribution in [2.75, 3.05) is 0 Å². The molecule has 0 fully saturated rings. The number of ether oxygens (including phenoxy) is 1. The van der Waals surface area contributed by atoms with Crippen molar-refractivity contribution in [2.24, 2.45) is 0 Å². The molecule has 4 rings (SSSR count). The normalized spacial score (nSPS) is 10.9. The summed E-state index contributed by atoms with van der Waals surface area (Å²) in [7, 11) is 0. The highest BCUT2D eigenvalue weighted by Gasteiger charge is 2.23. The lowest BCUT2D eigenvalue weighted by molar-refractivity contribution is 0.0725. The topological polar surface area (TPSA) is 50.1 Å². The summed E-state index contributed by atoms with van der Waals surface area (Å²) >= 11 is 0. The molecular formula is C25H17F2NO2. The summed E-state index contributed by atoms with van der Waals surface area (Å²) in [5.74, 6) is -2.97. The van der Waals surface area contributed by atoms with Crippen molar-refractivity contribution >= 4 is 27.5 Å². The van der Waals surface area contributed by atoms with E-state index in [1.165, 1.54) is 30.3 Å². The molecule has 0 amide bonds. The van der Waals surface area contributed by atoms with Crippen molar-refractivity contribution in [1.82, 2.24) is 0 Å². The van der Waals surface area contributed by atoms with Gasteiger partial charge in [0.25, 0.3) is 0 Å². The molecule has 0 bridgehead atoms. The molecule has 0 aliphatic heterocycles. The average molecular weight is 401 g/mol. The number of esters is 1. The number of hydrogen-bond acceptors (Lipinski definition) is 3. The van der Waals surface area contributed by atoms with Crippen LogP contribution >= 0.6 is 0 Å². The van der Waals surface area contributed by atoms with Crippen molar-refractivity contribution in [3.05, 3.63) is 89.0 Å². The lowest BCUT2D eigenvalue weighted by Crippen LogP contribution is -2.13. The summed E-state index contributed by atoms with van der Waals surface area (Å²) in [5, 5.41) is 11.0. The SMILES string of the molecule is CCCc1ccc2c(ccc3c(F)c(C(=O)Oc4ccc(C#N)cc4)c(F)cc32)c1. The number of benzene rings is 4. The first-order valence-corrected chi connectivity index (χ1v) is 9.57. The average Bonchev–Trinajstić information content (AvgIpc) is 2.74. The summed E-state index contributed by atoms with van der Waals surface area (Å²) in [6, 6.07) is 18.0. The predicted octanol–water partition coefficient (Wildman–Crippen LogP) is 6.31. The molecular weight excluding hydrogens is 384 g/mol. The van der Waals surface area contributed by atoms with Gasteiger partial charge in [0.2, 0.25) is 0 Å². The van der Waals surface area contributed by atoms with Crippen molar-refractivity contribution in [3.63, 3.8) is 0 Å². The van der Waals surface area contributed by atoms with Gasteiger partial charge in [-0.2, -0.15) is 5.26 Å². The van der Waals surface area contributed by atoms with Gasteiger partial charge < -0.3 is 4.74 Å². The first-order chi connectivity index (χ1) is 14.5. The van der Waals surface area contributed by atoms with Gasteiger partial charge in [0.05, 0.1) is 11.6 Å². The summed E-state index contributed by atoms with van der Waals surface area (Å²) < 4.78 is 35.1. The number of nitriles is 1. The van der Waals surface area contributed by atoms with Crippen LogP contribution in [0.5, 0.6) is 5.75 Å². The maximum atomic E-state index is 15.1. The van der Waals surface area contributed by atoms with E-state index in [4.69, 9.17) is 10.00 Å². The van der Waals surface area contributed by atoms with Crippen LogP contribution in [0, 0.1) is 23.0 Å². The summed E-state index contributed by atoms with van der Waals surface area (Å²) in [6.07, 6.45) is 1.93. The third-order valence-electron chi connectivity index (χ3n) is 5.03. The lowest BCUT2D eigenvalue weighted by atomic mass is 9.97. The Morgan fingerprint density at radius 3 is 2.40 bits per heavy atom. The predicted molar refractivity (Wildman–Crippen MR) is 111 cm³/mol. The summed E-state index contributed by atoms with van der Waals surface area (Å²) in [6.45, 7) is 2.09. The highest BCUT2D eigenvalue weighted by atomic mass is 19.1. The van der Waals surface area contributed by atoms with Gasteiger partial charge >= 0.3 is 5.97 Å². The van der Waals surface area contributed by atoms with E-state index >= 15 is 4.39 Å². The Bertz CT molecular complexity index is 1320. The maximum absolute atomic E-state index is 15.1. The Balaban J connectivity index is 1.77. The molecule has 5 heteroatoms. The standard InChI is InChI=1S/C25H17F2NO2/c1-2-3-15-6-10-19-17(12-15)7-11-20-21(19)13-22(26)23(24(20)27)25(29)30-18-8-4-16(14-28)5-9-18/h4-13H,2-3H2,1H3. The molecule has 0 saturated carbocycles. The third-order valence-corrected chi connectivity index (χ3v) is 5.03. The van der Waals surface area contributed by atoms with Crippen LogP contribution in [0.25, 0.3) is 21.5 Å². The van der Waals surface area contributed by atoms with Crippen LogP contribution in [-0.4, -0.2) is 5.97 Å². The van der Waals surface area contributed by atoms with Gasteiger partial charge in [-0.05, 0) is 58.5 Å². The second-order valence-corrected chi connectivity index (χ2v) is 7.04. The zero-order valence-electron chi connectivity index (χ0n) is 16.2. The second kappa shape index (κ2) is 7.92. The van der Waals surface area contributed by atoms with E-state index in [-0.39, 0.29) is 11.1 Å². The lowest BCUT2D eigenvalue weighted by Gasteiger charge is -2.11. The highest BCUT2D eigenvalue weighted by molar-refractivity contribution is 6.10. The van der Waals surface area contributed by atoms with E-state index in [0.29, 0.717) is 10.9 Å². The van der Waals surface area contributed by atoms with Gasteiger partial charge in [-0.15, -0.1) is 0 Å². The highest BCUT2D eigenvalue weighted by Crippen LogP contribution is 2.32. The molecule has 4 aromatic rings. The van der Waals surface area contributed by atoms with E-state index in [1.54, 1.807) is 12.1 Å². The first-order valence-electron chi connectivity index (χ1n) is 9.57. The van der Waals surface area contributed by atoms with E-state index in [0.717, 1.165) is 29.2 Å².